The molecule has 0 spiro atoms. The van der Waals surface area contributed by atoms with E-state index in [9.17, 15) is 8.42 Å². The fourth-order valence-corrected chi connectivity index (χ4v) is 4.15. The van der Waals surface area contributed by atoms with Crippen LogP contribution in [0, 0.1) is 0 Å². The third-order valence-corrected chi connectivity index (χ3v) is 5.57. The molecule has 1 aromatic carbocycles. The van der Waals surface area contributed by atoms with Crippen molar-refractivity contribution in [2.75, 3.05) is 18.8 Å². The van der Waals surface area contributed by atoms with Gasteiger partial charge in [-0.2, -0.15) is 4.31 Å². The molecule has 2 heterocycles. The number of rotatable bonds is 2. The average Bonchev–Trinajstić information content (AvgIpc) is 2.52. The summed E-state index contributed by atoms with van der Waals surface area (Å²) in [5.74, 6) is 0. The molecule has 0 aliphatic carbocycles. The zero-order chi connectivity index (χ0) is 12.0. The zero-order valence-corrected chi connectivity index (χ0v) is 10.6. The Balaban J connectivity index is 2.11. The van der Waals surface area contributed by atoms with Crippen LogP contribution in [0.5, 0.6) is 0 Å². The maximum absolute atomic E-state index is 12.1. The Kier molecular flexibility index (Phi) is 2.35. The highest BCUT2D eigenvalue weighted by atomic mass is 32.2. The van der Waals surface area contributed by atoms with Gasteiger partial charge in [-0.3, -0.25) is 0 Å². The Morgan fingerprint density at radius 3 is 2.76 bits per heavy atom. The second kappa shape index (κ2) is 3.66. The summed E-state index contributed by atoms with van der Waals surface area (Å²) >= 11 is 1.30. The second-order valence-electron chi connectivity index (χ2n) is 3.94. The average molecular weight is 269 g/mol. The summed E-state index contributed by atoms with van der Waals surface area (Å²) in [5.41, 5.74) is 6.34. The number of benzene rings is 1. The molecule has 1 saturated heterocycles. The van der Waals surface area contributed by atoms with Crippen LogP contribution in [0.4, 0.5) is 5.13 Å². The molecule has 0 atom stereocenters. The number of hydrogen-bond donors (Lipinski definition) is 1. The van der Waals surface area contributed by atoms with Crippen LogP contribution in [0.3, 0.4) is 0 Å². The molecule has 1 fully saturated rings. The molecule has 0 radical (unpaired) electrons. The molecule has 0 bridgehead atoms. The lowest BCUT2D eigenvalue weighted by Crippen LogP contribution is -2.41. The lowest BCUT2D eigenvalue weighted by Gasteiger charge is -2.29. The van der Waals surface area contributed by atoms with E-state index in [-0.39, 0.29) is 0 Å². The Hall–Kier alpha value is -1.18. The molecule has 5 nitrogen and oxygen atoms in total. The van der Waals surface area contributed by atoms with Crippen LogP contribution in [0.2, 0.25) is 0 Å². The Morgan fingerprint density at radius 1 is 1.35 bits per heavy atom. The van der Waals surface area contributed by atoms with Gasteiger partial charge in [0.2, 0.25) is 10.0 Å². The van der Waals surface area contributed by atoms with Gasteiger partial charge in [0, 0.05) is 13.1 Å². The molecule has 3 rings (SSSR count). The molecule has 2 N–H and O–H groups in total. The summed E-state index contributed by atoms with van der Waals surface area (Å²) in [7, 11) is -3.31. The molecule has 1 aliphatic heterocycles. The van der Waals surface area contributed by atoms with E-state index < -0.39 is 10.0 Å². The van der Waals surface area contributed by atoms with Crippen LogP contribution in [0.15, 0.2) is 23.1 Å². The van der Waals surface area contributed by atoms with Crippen LogP contribution in [0.25, 0.3) is 10.2 Å². The van der Waals surface area contributed by atoms with Gasteiger partial charge >= 0.3 is 0 Å². The van der Waals surface area contributed by atoms with Crippen molar-refractivity contribution in [2.45, 2.75) is 11.3 Å². The van der Waals surface area contributed by atoms with Gasteiger partial charge < -0.3 is 5.73 Å². The van der Waals surface area contributed by atoms with Gasteiger partial charge in [0.05, 0.1) is 15.1 Å². The van der Waals surface area contributed by atoms with E-state index in [0.29, 0.717) is 23.1 Å². The number of hydrogen-bond acceptors (Lipinski definition) is 5. The van der Waals surface area contributed by atoms with E-state index in [2.05, 4.69) is 4.98 Å². The van der Waals surface area contributed by atoms with E-state index in [1.807, 2.05) is 0 Å². The first kappa shape index (κ1) is 10.9. The largest absolute Gasteiger partial charge is 0.375 e. The van der Waals surface area contributed by atoms with Gasteiger partial charge in [-0.15, -0.1) is 0 Å². The normalized spacial score (nSPS) is 17.2. The van der Waals surface area contributed by atoms with Crippen LogP contribution in [0.1, 0.15) is 6.42 Å². The molecule has 1 aromatic heterocycles. The van der Waals surface area contributed by atoms with Gasteiger partial charge in [-0.05, 0) is 24.6 Å². The first-order chi connectivity index (χ1) is 8.07. The van der Waals surface area contributed by atoms with Gasteiger partial charge in [0.25, 0.3) is 0 Å². The molecule has 2 aromatic rings. The van der Waals surface area contributed by atoms with Crippen molar-refractivity contribution in [2.24, 2.45) is 0 Å². The minimum Gasteiger partial charge on any atom is -0.375 e. The van der Waals surface area contributed by atoms with E-state index in [1.165, 1.54) is 15.6 Å². The Labute approximate surface area is 103 Å². The molecule has 1 aliphatic rings. The second-order valence-corrected chi connectivity index (χ2v) is 6.94. The summed E-state index contributed by atoms with van der Waals surface area (Å²) in [4.78, 5) is 4.43. The lowest BCUT2D eigenvalue weighted by molar-refractivity contribution is 0.309. The van der Waals surface area contributed by atoms with E-state index in [4.69, 9.17) is 5.73 Å². The molecule has 0 amide bonds. The van der Waals surface area contributed by atoms with Crippen molar-refractivity contribution in [1.29, 1.82) is 0 Å². The monoisotopic (exact) mass is 269 g/mol. The molecule has 90 valence electrons. The van der Waals surface area contributed by atoms with Gasteiger partial charge in [0.1, 0.15) is 0 Å². The fraction of sp³-hybridized carbons (Fsp3) is 0.300. The predicted octanol–water partition coefficient (Wildman–Crippen LogP) is 1.27. The summed E-state index contributed by atoms with van der Waals surface area (Å²) < 4.78 is 26.6. The number of nitrogens with zero attached hydrogens (tertiary/aromatic N) is 2. The van der Waals surface area contributed by atoms with E-state index in [1.54, 1.807) is 18.2 Å². The summed E-state index contributed by atoms with van der Waals surface area (Å²) in [6.45, 7) is 1.23. The maximum atomic E-state index is 12.1. The number of aromatic nitrogens is 1. The highest BCUT2D eigenvalue weighted by Crippen LogP contribution is 2.28. The van der Waals surface area contributed by atoms with E-state index >= 15 is 0 Å². The highest BCUT2D eigenvalue weighted by Gasteiger charge is 2.29. The minimum atomic E-state index is -3.31. The van der Waals surface area contributed by atoms with Gasteiger partial charge in [-0.1, -0.05) is 11.3 Å². The van der Waals surface area contributed by atoms with Crippen LogP contribution < -0.4 is 5.73 Å². The quantitative estimate of drug-likeness (QED) is 0.890. The molecule has 0 unspecified atom stereocenters. The lowest BCUT2D eigenvalue weighted by atomic mass is 10.3. The molecule has 17 heavy (non-hydrogen) atoms. The van der Waals surface area contributed by atoms with Crippen molar-refractivity contribution in [3.63, 3.8) is 0 Å². The third-order valence-electron chi connectivity index (χ3n) is 2.83. The molecular weight excluding hydrogens is 258 g/mol. The Morgan fingerprint density at radius 2 is 2.12 bits per heavy atom. The smallest absolute Gasteiger partial charge is 0.243 e. The zero-order valence-electron chi connectivity index (χ0n) is 8.96. The van der Waals surface area contributed by atoms with Crippen LogP contribution in [-0.2, 0) is 10.0 Å². The Bertz CT molecular complexity index is 674. The number of sulfonamides is 1. The minimum absolute atomic E-state index is 0.327. The predicted molar refractivity (Wildman–Crippen MR) is 67.4 cm³/mol. The number of nitrogens with two attached hydrogens (primary N) is 1. The van der Waals surface area contributed by atoms with Crippen molar-refractivity contribution >= 4 is 36.7 Å². The number of anilines is 1. The fourth-order valence-electron chi connectivity index (χ4n) is 1.76. The van der Waals surface area contributed by atoms with Crippen molar-refractivity contribution in [3.05, 3.63) is 18.2 Å². The standard InChI is InChI=1S/C10H11N3O2S2/c11-10-12-8-3-2-7(6-9(8)16-10)17(14,15)13-4-1-5-13/h2-3,6H,1,4-5H2,(H2,11,12). The SMILES string of the molecule is Nc1nc2ccc(S(=O)(=O)N3CCC3)cc2s1. The molecule has 7 heteroatoms. The number of nitrogen functional groups attached to an aromatic ring is 1. The van der Waals surface area contributed by atoms with Crippen molar-refractivity contribution in [1.82, 2.24) is 9.29 Å². The van der Waals surface area contributed by atoms with Crippen LogP contribution >= 0.6 is 11.3 Å². The first-order valence-electron chi connectivity index (χ1n) is 5.23. The van der Waals surface area contributed by atoms with Gasteiger partial charge in [-0.25, -0.2) is 13.4 Å². The molecule has 0 saturated carbocycles. The number of thiazole rings is 1. The highest BCUT2D eigenvalue weighted by molar-refractivity contribution is 7.89. The summed E-state index contributed by atoms with van der Waals surface area (Å²) in [6.07, 6.45) is 0.939. The molecular formula is C10H11N3O2S2. The van der Waals surface area contributed by atoms with E-state index in [0.717, 1.165) is 16.6 Å². The third kappa shape index (κ3) is 1.70. The summed E-state index contributed by atoms with van der Waals surface area (Å²) in [5, 5.41) is 0.457. The maximum Gasteiger partial charge on any atom is 0.243 e. The number of fused-ring (bicyclic) bond motifs is 1. The van der Waals surface area contributed by atoms with Gasteiger partial charge in [0.15, 0.2) is 5.13 Å². The summed E-state index contributed by atoms with van der Waals surface area (Å²) in [6, 6.07) is 4.95. The van der Waals surface area contributed by atoms with Crippen molar-refractivity contribution < 1.29 is 8.42 Å². The topological polar surface area (TPSA) is 76.3 Å². The van der Waals surface area contributed by atoms with Crippen molar-refractivity contribution in [3.8, 4) is 0 Å². The van der Waals surface area contributed by atoms with Crippen LogP contribution in [-0.4, -0.2) is 30.8 Å². The first-order valence-corrected chi connectivity index (χ1v) is 7.49.